The van der Waals surface area contributed by atoms with Gasteiger partial charge >= 0.3 is 5.97 Å². The Balaban J connectivity index is 4.28. The standard InChI is InChI=1S/C13H24N2O4/c1-5-6-7-19-13(18)12(9(2)3)15-11(17)8-14-10(4)16/h9,12H,5-8H2,1-4H3,(H,14,16)(H,15,17)/t12-/m0/s1. The lowest BCUT2D eigenvalue weighted by molar-refractivity contribution is -0.149. The van der Waals surface area contributed by atoms with Crippen LogP contribution in [0.3, 0.4) is 0 Å². The molecule has 19 heavy (non-hydrogen) atoms. The molecule has 0 saturated carbocycles. The van der Waals surface area contributed by atoms with E-state index in [-0.39, 0.29) is 18.4 Å². The van der Waals surface area contributed by atoms with Gasteiger partial charge in [-0.25, -0.2) is 4.79 Å². The zero-order valence-electron chi connectivity index (χ0n) is 12.1. The van der Waals surface area contributed by atoms with Crippen LogP contribution in [0, 0.1) is 5.92 Å². The Bertz CT molecular complexity index is 316. The van der Waals surface area contributed by atoms with Crippen molar-refractivity contribution in [3.63, 3.8) is 0 Å². The Hall–Kier alpha value is -1.59. The summed E-state index contributed by atoms with van der Waals surface area (Å²) in [5, 5.41) is 4.95. The van der Waals surface area contributed by atoms with E-state index in [1.807, 2.05) is 20.8 Å². The van der Waals surface area contributed by atoms with E-state index in [0.29, 0.717) is 6.61 Å². The van der Waals surface area contributed by atoms with Gasteiger partial charge in [-0.05, 0) is 12.3 Å². The van der Waals surface area contributed by atoms with Gasteiger partial charge in [-0.3, -0.25) is 9.59 Å². The third kappa shape index (κ3) is 8.18. The third-order valence-corrected chi connectivity index (χ3v) is 2.48. The summed E-state index contributed by atoms with van der Waals surface area (Å²) in [5.41, 5.74) is 0. The molecule has 6 heteroatoms. The summed E-state index contributed by atoms with van der Waals surface area (Å²) in [6.45, 7) is 7.20. The first-order chi connectivity index (χ1) is 8.88. The molecule has 0 aliphatic rings. The van der Waals surface area contributed by atoms with E-state index in [1.165, 1.54) is 6.92 Å². The molecule has 0 rings (SSSR count). The number of hydrogen-bond acceptors (Lipinski definition) is 4. The Kier molecular flexibility index (Phi) is 8.57. The number of hydrogen-bond donors (Lipinski definition) is 2. The van der Waals surface area contributed by atoms with E-state index in [1.54, 1.807) is 0 Å². The van der Waals surface area contributed by atoms with Crippen LogP contribution in [-0.4, -0.2) is 37.0 Å². The summed E-state index contributed by atoms with van der Waals surface area (Å²) < 4.78 is 5.09. The zero-order chi connectivity index (χ0) is 14.8. The van der Waals surface area contributed by atoms with Gasteiger partial charge in [0.2, 0.25) is 11.8 Å². The molecule has 0 unspecified atom stereocenters. The minimum Gasteiger partial charge on any atom is -0.464 e. The first-order valence-corrected chi connectivity index (χ1v) is 6.58. The molecule has 0 heterocycles. The van der Waals surface area contributed by atoms with Crippen LogP contribution in [0.4, 0.5) is 0 Å². The summed E-state index contributed by atoms with van der Waals surface area (Å²) >= 11 is 0. The zero-order valence-corrected chi connectivity index (χ0v) is 12.1. The molecule has 0 fully saturated rings. The molecule has 110 valence electrons. The third-order valence-electron chi connectivity index (χ3n) is 2.48. The largest absolute Gasteiger partial charge is 0.464 e. The van der Waals surface area contributed by atoms with E-state index < -0.39 is 17.9 Å². The van der Waals surface area contributed by atoms with Gasteiger partial charge in [0.25, 0.3) is 0 Å². The Morgan fingerprint density at radius 2 is 1.84 bits per heavy atom. The topological polar surface area (TPSA) is 84.5 Å². The maximum atomic E-state index is 11.8. The number of unbranched alkanes of at least 4 members (excludes halogenated alkanes) is 1. The van der Waals surface area contributed by atoms with Crippen molar-refractivity contribution in [2.24, 2.45) is 5.92 Å². The van der Waals surface area contributed by atoms with Crippen LogP contribution in [-0.2, 0) is 19.1 Å². The maximum absolute atomic E-state index is 11.8. The fraction of sp³-hybridized carbons (Fsp3) is 0.769. The SMILES string of the molecule is CCCCOC(=O)[C@@H](NC(=O)CNC(C)=O)C(C)C. The number of rotatable bonds is 8. The molecule has 0 aromatic rings. The number of ether oxygens (including phenoxy) is 1. The van der Waals surface area contributed by atoms with Crippen molar-refractivity contribution >= 4 is 17.8 Å². The van der Waals surface area contributed by atoms with Crippen molar-refractivity contribution in [1.82, 2.24) is 10.6 Å². The quantitative estimate of drug-likeness (QED) is 0.501. The summed E-state index contributed by atoms with van der Waals surface area (Å²) in [6.07, 6.45) is 1.74. The molecular weight excluding hydrogens is 248 g/mol. The molecule has 0 aliphatic heterocycles. The average Bonchev–Trinajstić information content (AvgIpc) is 2.33. The monoisotopic (exact) mass is 272 g/mol. The van der Waals surface area contributed by atoms with Crippen LogP contribution in [0.2, 0.25) is 0 Å². The molecule has 0 aromatic carbocycles. The lowest BCUT2D eigenvalue weighted by atomic mass is 10.0. The van der Waals surface area contributed by atoms with Gasteiger partial charge in [0.15, 0.2) is 0 Å². The molecule has 0 aliphatic carbocycles. The van der Waals surface area contributed by atoms with Crippen LogP contribution in [0.15, 0.2) is 0 Å². The predicted octanol–water partition coefficient (Wildman–Crippen LogP) is 0.607. The molecule has 6 nitrogen and oxygen atoms in total. The Morgan fingerprint density at radius 1 is 1.21 bits per heavy atom. The van der Waals surface area contributed by atoms with E-state index in [2.05, 4.69) is 10.6 Å². The molecule has 0 radical (unpaired) electrons. The molecule has 2 N–H and O–H groups in total. The van der Waals surface area contributed by atoms with Crippen LogP contribution >= 0.6 is 0 Å². The normalized spacial score (nSPS) is 11.8. The second-order valence-electron chi connectivity index (χ2n) is 4.72. The summed E-state index contributed by atoms with van der Waals surface area (Å²) in [7, 11) is 0. The number of carbonyl (C=O) groups excluding carboxylic acids is 3. The van der Waals surface area contributed by atoms with Gasteiger partial charge in [0, 0.05) is 6.92 Å². The average molecular weight is 272 g/mol. The molecule has 0 saturated heterocycles. The fourth-order valence-corrected chi connectivity index (χ4v) is 1.33. The van der Waals surface area contributed by atoms with E-state index in [0.717, 1.165) is 12.8 Å². The summed E-state index contributed by atoms with van der Waals surface area (Å²) in [6, 6.07) is -0.682. The first-order valence-electron chi connectivity index (χ1n) is 6.58. The smallest absolute Gasteiger partial charge is 0.328 e. The maximum Gasteiger partial charge on any atom is 0.328 e. The van der Waals surface area contributed by atoms with Crippen molar-refractivity contribution in [2.45, 2.75) is 46.6 Å². The molecule has 0 aromatic heterocycles. The Labute approximate surface area is 114 Å². The second-order valence-corrected chi connectivity index (χ2v) is 4.72. The van der Waals surface area contributed by atoms with Gasteiger partial charge in [-0.1, -0.05) is 27.2 Å². The molecular formula is C13H24N2O4. The lowest BCUT2D eigenvalue weighted by Crippen LogP contribution is -2.48. The molecule has 2 amide bonds. The Morgan fingerprint density at radius 3 is 2.32 bits per heavy atom. The molecule has 0 spiro atoms. The van der Waals surface area contributed by atoms with Crippen molar-refractivity contribution in [1.29, 1.82) is 0 Å². The van der Waals surface area contributed by atoms with Gasteiger partial charge in [0.05, 0.1) is 13.2 Å². The number of nitrogens with one attached hydrogen (secondary N) is 2. The van der Waals surface area contributed by atoms with Crippen molar-refractivity contribution in [3.8, 4) is 0 Å². The summed E-state index contributed by atoms with van der Waals surface area (Å²) in [5.74, 6) is -1.20. The number of esters is 1. The van der Waals surface area contributed by atoms with Crippen molar-refractivity contribution in [3.05, 3.63) is 0 Å². The van der Waals surface area contributed by atoms with Gasteiger partial charge in [-0.2, -0.15) is 0 Å². The minimum absolute atomic E-state index is 0.0737. The predicted molar refractivity (Wildman–Crippen MR) is 71.3 cm³/mol. The number of carbonyl (C=O) groups is 3. The van der Waals surface area contributed by atoms with Crippen LogP contribution in [0.5, 0.6) is 0 Å². The first kappa shape index (κ1) is 17.4. The van der Waals surface area contributed by atoms with Gasteiger partial charge in [-0.15, -0.1) is 0 Å². The lowest BCUT2D eigenvalue weighted by Gasteiger charge is -2.20. The highest BCUT2D eigenvalue weighted by molar-refractivity contribution is 5.87. The van der Waals surface area contributed by atoms with E-state index >= 15 is 0 Å². The van der Waals surface area contributed by atoms with Gasteiger partial charge in [0.1, 0.15) is 6.04 Å². The van der Waals surface area contributed by atoms with Crippen molar-refractivity contribution < 1.29 is 19.1 Å². The van der Waals surface area contributed by atoms with Crippen LogP contribution in [0.25, 0.3) is 0 Å². The molecule has 1 atom stereocenters. The van der Waals surface area contributed by atoms with Crippen molar-refractivity contribution in [2.75, 3.05) is 13.2 Å². The molecule has 0 bridgehead atoms. The summed E-state index contributed by atoms with van der Waals surface area (Å²) in [4.78, 5) is 34.1. The van der Waals surface area contributed by atoms with E-state index in [9.17, 15) is 14.4 Å². The second kappa shape index (κ2) is 9.35. The van der Waals surface area contributed by atoms with Crippen LogP contribution < -0.4 is 10.6 Å². The van der Waals surface area contributed by atoms with E-state index in [4.69, 9.17) is 4.74 Å². The number of amides is 2. The fourth-order valence-electron chi connectivity index (χ4n) is 1.33. The van der Waals surface area contributed by atoms with Crippen LogP contribution in [0.1, 0.15) is 40.5 Å². The van der Waals surface area contributed by atoms with Gasteiger partial charge < -0.3 is 15.4 Å². The highest BCUT2D eigenvalue weighted by Crippen LogP contribution is 2.04. The minimum atomic E-state index is -0.682. The highest BCUT2D eigenvalue weighted by Gasteiger charge is 2.25. The highest BCUT2D eigenvalue weighted by atomic mass is 16.5.